The van der Waals surface area contributed by atoms with Crippen molar-refractivity contribution in [1.82, 2.24) is 5.32 Å². The highest BCUT2D eigenvalue weighted by atomic mass is 16.5. The second-order valence-electron chi connectivity index (χ2n) is 5.01. The lowest BCUT2D eigenvalue weighted by Crippen LogP contribution is -2.42. The molecule has 2 N–H and O–H groups in total. The molecule has 21 heavy (non-hydrogen) atoms. The molecule has 2 rings (SSSR count). The minimum atomic E-state index is -0.405. The van der Waals surface area contributed by atoms with Crippen molar-refractivity contribution >= 4 is 17.7 Å². The van der Waals surface area contributed by atoms with E-state index in [1.807, 2.05) is 6.92 Å². The Hall–Kier alpha value is -2.08. The molecular weight excluding hydrogens is 272 g/mol. The lowest BCUT2D eigenvalue weighted by Gasteiger charge is -2.20. The molecule has 0 aliphatic carbocycles. The van der Waals surface area contributed by atoms with E-state index in [0.717, 1.165) is 19.4 Å². The van der Waals surface area contributed by atoms with Crippen molar-refractivity contribution in [3.8, 4) is 0 Å². The normalized spacial score (nSPS) is 18.9. The molecule has 6 nitrogen and oxygen atoms in total. The Bertz CT molecular complexity index is 495. The van der Waals surface area contributed by atoms with E-state index in [2.05, 4.69) is 15.4 Å². The Morgan fingerprint density at radius 1 is 1.33 bits per heavy atom. The number of carbonyl (C=O) groups excluding carboxylic acids is 2. The van der Waals surface area contributed by atoms with Crippen molar-refractivity contribution in [1.29, 1.82) is 0 Å². The summed E-state index contributed by atoms with van der Waals surface area (Å²) in [6.07, 6.45) is 2.08. The summed E-state index contributed by atoms with van der Waals surface area (Å²) in [5.41, 5.74) is 1.05. The second-order valence-corrected chi connectivity index (χ2v) is 5.01. The van der Waals surface area contributed by atoms with Gasteiger partial charge < -0.3 is 20.1 Å². The number of esters is 1. The predicted molar refractivity (Wildman–Crippen MR) is 78.4 cm³/mol. The zero-order chi connectivity index (χ0) is 15.2. The standard InChI is InChI=1S/C15H20N2O4/c1-10(13-4-3-9-21-13)16-15(19)17-12-7-5-11(6-8-12)14(18)20-2/h5-8,10,13H,3-4,9H2,1-2H3,(H2,16,17,19). The number of rotatable bonds is 4. The Kier molecular flexibility index (Phi) is 5.16. The van der Waals surface area contributed by atoms with Crippen LogP contribution in [-0.2, 0) is 9.47 Å². The molecule has 0 bridgehead atoms. The van der Waals surface area contributed by atoms with Gasteiger partial charge in [-0.05, 0) is 44.0 Å². The highest BCUT2D eigenvalue weighted by Gasteiger charge is 2.23. The van der Waals surface area contributed by atoms with Crippen molar-refractivity contribution in [2.75, 3.05) is 19.0 Å². The molecule has 0 saturated carbocycles. The van der Waals surface area contributed by atoms with Crippen molar-refractivity contribution in [3.05, 3.63) is 29.8 Å². The van der Waals surface area contributed by atoms with E-state index in [4.69, 9.17) is 4.74 Å². The number of benzene rings is 1. The first-order valence-electron chi connectivity index (χ1n) is 6.97. The first-order valence-corrected chi connectivity index (χ1v) is 6.97. The van der Waals surface area contributed by atoms with Gasteiger partial charge in [-0.1, -0.05) is 0 Å². The number of hydrogen-bond acceptors (Lipinski definition) is 4. The fourth-order valence-electron chi connectivity index (χ4n) is 2.27. The smallest absolute Gasteiger partial charge is 0.337 e. The van der Waals surface area contributed by atoms with Gasteiger partial charge in [0.2, 0.25) is 0 Å². The molecule has 2 unspecified atom stereocenters. The summed E-state index contributed by atoms with van der Waals surface area (Å²) >= 11 is 0. The molecule has 114 valence electrons. The quantitative estimate of drug-likeness (QED) is 0.834. The molecule has 6 heteroatoms. The average molecular weight is 292 g/mol. The molecule has 1 aromatic rings. The number of urea groups is 1. The van der Waals surface area contributed by atoms with E-state index in [1.165, 1.54) is 7.11 Å². The average Bonchev–Trinajstić information content (AvgIpc) is 3.01. The van der Waals surface area contributed by atoms with Gasteiger partial charge in [0.05, 0.1) is 24.8 Å². The van der Waals surface area contributed by atoms with Crippen LogP contribution in [-0.4, -0.2) is 37.9 Å². The van der Waals surface area contributed by atoms with Gasteiger partial charge in [-0.15, -0.1) is 0 Å². The van der Waals surface area contributed by atoms with Crippen molar-refractivity contribution < 1.29 is 19.1 Å². The molecule has 0 radical (unpaired) electrons. The van der Waals surface area contributed by atoms with E-state index >= 15 is 0 Å². The van der Waals surface area contributed by atoms with Gasteiger partial charge in [0.15, 0.2) is 0 Å². The summed E-state index contributed by atoms with van der Waals surface area (Å²) in [4.78, 5) is 23.2. The first kappa shape index (κ1) is 15.3. The summed E-state index contributed by atoms with van der Waals surface area (Å²) in [6, 6.07) is 6.19. The van der Waals surface area contributed by atoms with Crippen LogP contribution in [0, 0.1) is 0 Å². The van der Waals surface area contributed by atoms with Gasteiger partial charge in [0, 0.05) is 12.3 Å². The van der Waals surface area contributed by atoms with E-state index < -0.39 is 5.97 Å². The second kappa shape index (κ2) is 7.08. The van der Waals surface area contributed by atoms with E-state index in [0.29, 0.717) is 11.3 Å². The molecular formula is C15H20N2O4. The summed E-state index contributed by atoms with van der Waals surface area (Å²) in [5, 5.41) is 5.57. The van der Waals surface area contributed by atoms with Gasteiger partial charge >= 0.3 is 12.0 Å². The van der Waals surface area contributed by atoms with Crippen LogP contribution in [0.1, 0.15) is 30.1 Å². The van der Waals surface area contributed by atoms with E-state index in [1.54, 1.807) is 24.3 Å². The molecule has 1 aromatic carbocycles. The maximum absolute atomic E-state index is 11.9. The minimum Gasteiger partial charge on any atom is -0.465 e. The molecule has 2 amide bonds. The maximum atomic E-state index is 11.9. The molecule has 1 fully saturated rings. The van der Waals surface area contributed by atoms with Crippen LogP contribution in [0.4, 0.5) is 10.5 Å². The van der Waals surface area contributed by atoms with Crippen molar-refractivity contribution in [2.24, 2.45) is 0 Å². The largest absolute Gasteiger partial charge is 0.465 e. The molecule has 1 aliphatic rings. The van der Waals surface area contributed by atoms with Crippen LogP contribution >= 0.6 is 0 Å². The van der Waals surface area contributed by atoms with Gasteiger partial charge in [-0.3, -0.25) is 0 Å². The van der Waals surface area contributed by atoms with Crippen LogP contribution in [0.3, 0.4) is 0 Å². The monoisotopic (exact) mass is 292 g/mol. The number of carbonyl (C=O) groups is 2. The Morgan fingerprint density at radius 3 is 2.62 bits per heavy atom. The van der Waals surface area contributed by atoms with Crippen LogP contribution in [0.25, 0.3) is 0 Å². The fourth-order valence-corrected chi connectivity index (χ4v) is 2.27. The van der Waals surface area contributed by atoms with Gasteiger partial charge in [0.25, 0.3) is 0 Å². The minimum absolute atomic E-state index is 0.0400. The van der Waals surface area contributed by atoms with Crippen LogP contribution < -0.4 is 10.6 Å². The van der Waals surface area contributed by atoms with Crippen LogP contribution in [0.5, 0.6) is 0 Å². The van der Waals surface area contributed by atoms with Crippen LogP contribution in [0.15, 0.2) is 24.3 Å². The Balaban J connectivity index is 1.85. The fraction of sp³-hybridized carbons (Fsp3) is 0.467. The number of methoxy groups -OCH3 is 1. The Labute approximate surface area is 123 Å². The van der Waals surface area contributed by atoms with E-state index in [-0.39, 0.29) is 18.2 Å². The lowest BCUT2D eigenvalue weighted by atomic mass is 10.1. The SMILES string of the molecule is COC(=O)c1ccc(NC(=O)NC(C)C2CCCO2)cc1. The number of anilines is 1. The predicted octanol–water partition coefficient (Wildman–Crippen LogP) is 2.16. The highest BCUT2D eigenvalue weighted by molar-refractivity contribution is 5.92. The summed E-state index contributed by atoms with van der Waals surface area (Å²) in [6.45, 7) is 2.68. The topological polar surface area (TPSA) is 76.7 Å². The van der Waals surface area contributed by atoms with Crippen LogP contribution in [0.2, 0.25) is 0 Å². The van der Waals surface area contributed by atoms with E-state index in [9.17, 15) is 9.59 Å². The molecule has 2 atom stereocenters. The molecule has 1 aliphatic heterocycles. The third-order valence-electron chi connectivity index (χ3n) is 3.45. The Morgan fingerprint density at radius 2 is 2.05 bits per heavy atom. The zero-order valence-electron chi connectivity index (χ0n) is 12.2. The zero-order valence-corrected chi connectivity index (χ0v) is 12.2. The molecule has 1 saturated heterocycles. The van der Waals surface area contributed by atoms with Gasteiger partial charge in [0.1, 0.15) is 0 Å². The number of nitrogens with one attached hydrogen (secondary N) is 2. The molecule has 0 aromatic heterocycles. The third-order valence-corrected chi connectivity index (χ3v) is 3.45. The summed E-state index contributed by atoms with van der Waals surface area (Å²) < 4.78 is 10.1. The summed E-state index contributed by atoms with van der Waals surface area (Å²) in [5.74, 6) is -0.405. The third kappa shape index (κ3) is 4.19. The maximum Gasteiger partial charge on any atom is 0.337 e. The first-order chi connectivity index (χ1) is 10.1. The van der Waals surface area contributed by atoms with Gasteiger partial charge in [-0.25, -0.2) is 9.59 Å². The summed E-state index contributed by atoms with van der Waals surface area (Å²) in [7, 11) is 1.33. The molecule has 1 heterocycles. The highest BCUT2D eigenvalue weighted by Crippen LogP contribution is 2.15. The number of amides is 2. The molecule has 0 spiro atoms. The lowest BCUT2D eigenvalue weighted by molar-refractivity contribution is 0.0600. The van der Waals surface area contributed by atoms with Gasteiger partial charge in [-0.2, -0.15) is 0 Å². The van der Waals surface area contributed by atoms with Crippen molar-refractivity contribution in [3.63, 3.8) is 0 Å². The number of hydrogen-bond donors (Lipinski definition) is 2. The number of ether oxygens (including phenoxy) is 2. The van der Waals surface area contributed by atoms with Crippen molar-refractivity contribution in [2.45, 2.75) is 31.9 Å².